The molecule has 0 aliphatic rings. The highest BCUT2D eigenvalue weighted by molar-refractivity contribution is 5.74. The first-order valence-corrected chi connectivity index (χ1v) is 10.1. The van der Waals surface area contributed by atoms with Crippen LogP contribution in [0.15, 0.2) is 67.3 Å². The van der Waals surface area contributed by atoms with Crippen LogP contribution >= 0.6 is 0 Å². The Morgan fingerprint density at radius 3 is 2.55 bits per heavy atom. The van der Waals surface area contributed by atoms with Gasteiger partial charge in [0.1, 0.15) is 5.82 Å². The standard InChI is InChI=1S/C23H28N6/c1-27(2)20-10-8-19(9-11-20)16-29(14-5-13-28-15-12-24-18-28)17-23-25-21-6-3-4-7-22(21)26-23/h3-4,6-12,15,18H,5,13-14,16-17H2,1-2H3,(H,25,26). The number of aromatic amines is 1. The lowest BCUT2D eigenvalue weighted by Gasteiger charge is -2.22. The number of nitrogens with one attached hydrogen (secondary N) is 1. The number of H-pyrrole nitrogens is 1. The average Bonchev–Trinajstić information content (AvgIpc) is 3.37. The van der Waals surface area contributed by atoms with Gasteiger partial charge in [-0.25, -0.2) is 9.97 Å². The number of imidazole rings is 2. The average molecular weight is 389 g/mol. The molecule has 2 heterocycles. The molecular weight excluding hydrogens is 360 g/mol. The van der Waals surface area contributed by atoms with Gasteiger partial charge in [0.15, 0.2) is 0 Å². The molecule has 4 rings (SSSR count). The Balaban J connectivity index is 1.46. The maximum atomic E-state index is 4.77. The van der Waals surface area contributed by atoms with Crippen LogP contribution in [0.5, 0.6) is 0 Å². The third-order valence-corrected chi connectivity index (χ3v) is 5.12. The van der Waals surface area contributed by atoms with E-state index in [1.54, 1.807) is 0 Å². The number of para-hydroxylation sites is 2. The lowest BCUT2D eigenvalue weighted by molar-refractivity contribution is 0.243. The summed E-state index contributed by atoms with van der Waals surface area (Å²) in [5.74, 6) is 1.01. The van der Waals surface area contributed by atoms with Crippen molar-refractivity contribution < 1.29 is 0 Å². The number of aromatic nitrogens is 4. The summed E-state index contributed by atoms with van der Waals surface area (Å²) in [4.78, 5) is 17.0. The molecule has 0 atom stereocenters. The molecule has 6 nitrogen and oxygen atoms in total. The van der Waals surface area contributed by atoms with Crippen molar-refractivity contribution in [3.8, 4) is 0 Å². The zero-order chi connectivity index (χ0) is 20.1. The van der Waals surface area contributed by atoms with E-state index in [9.17, 15) is 0 Å². The number of anilines is 1. The Bertz CT molecular complexity index is 984. The maximum absolute atomic E-state index is 4.77. The summed E-state index contributed by atoms with van der Waals surface area (Å²) in [5, 5.41) is 0. The number of hydrogen-bond donors (Lipinski definition) is 1. The first-order valence-electron chi connectivity index (χ1n) is 10.1. The number of rotatable bonds is 9. The van der Waals surface area contributed by atoms with Crippen LogP contribution in [0.25, 0.3) is 11.0 Å². The van der Waals surface area contributed by atoms with Gasteiger partial charge in [0.05, 0.1) is 23.9 Å². The van der Waals surface area contributed by atoms with E-state index in [1.807, 2.05) is 30.9 Å². The van der Waals surface area contributed by atoms with Crippen LogP contribution in [0.4, 0.5) is 5.69 Å². The van der Waals surface area contributed by atoms with Crippen molar-refractivity contribution in [2.24, 2.45) is 0 Å². The highest BCUT2D eigenvalue weighted by Gasteiger charge is 2.11. The van der Waals surface area contributed by atoms with Gasteiger partial charge in [0, 0.05) is 51.8 Å². The molecule has 0 aliphatic carbocycles. The number of nitrogens with zero attached hydrogens (tertiary/aromatic N) is 5. The largest absolute Gasteiger partial charge is 0.378 e. The molecule has 0 aliphatic heterocycles. The van der Waals surface area contributed by atoms with Gasteiger partial charge in [-0.15, -0.1) is 0 Å². The molecule has 0 saturated carbocycles. The van der Waals surface area contributed by atoms with Gasteiger partial charge in [0.25, 0.3) is 0 Å². The fourth-order valence-corrected chi connectivity index (χ4v) is 3.56. The molecule has 0 saturated heterocycles. The first-order chi connectivity index (χ1) is 14.2. The quantitative estimate of drug-likeness (QED) is 0.472. The zero-order valence-electron chi connectivity index (χ0n) is 17.1. The molecule has 1 N–H and O–H groups in total. The molecule has 0 radical (unpaired) electrons. The minimum Gasteiger partial charge on any atom is -0.378 e. The van der Waals surface area contributed by atoms with Crippen molar-refractivity contribution in [2.75, 3.05) is 25.5 Å². The van der Waals surface area contributed by atoms with Crippen molar-refractivity contribution in [1.82, 2.24) is 24.4 Å². The SMILES string of the molecule is CN(C)c1ccc(CN(CCCn2ccnc2)Cc2nc3ccccc3[nH]2)cc1. The van der Waals surface area contributed by atoms with E-state index >= 15 is 0 Å². The normalized spacial score (nSPS) is 11.4. The molecule has 0 fully saturated rings. The van der Waals surface area contributed by atoms with Gasteiger partial charge < -0.3 is 14.5 Å². The molecule has 0 spiro atoms. The van der Waals surface area contributed by atoms with Crippen LogP contribution in [0.2, 0.25) is 0 Å². The second-order valence-electron chi connectivity index (χ2n) is 7.63. The Kier molecular flexibility index (Phi) is 5.91. The van der Waals surface area contributed by atoms with E-state index in [2.05, 4.69) is 74.8 Å². The number of benzene rings is 2. The van der Waals surface area contributed by atoms with Crippen LogP contribution in [0, 0.1) is 0 Å². The number of hydrogen-bond acceptors (Lipinski definition) is 4. The summed E-state index contributed by atoms with van der Waals surface area (Å²) >= 11 is 0. The Labute approximate surface area is 171 Å². The summed E-state index contributed by atoms with van der Waals surface area (Å²) in [6, 6.07) is 17.0. The van der Waals surface area contributed by atoms with E-state index in [4.69, 9.17) is 4.98 Å². The molecule has 0 bridgehead atoms. The number of aryl methyl sites for hydroxylation is 1. The summed E-state index contributed by atoms with van der Waals surface area (Å²) in [6.45, 7) is 3.66. The van der Waals surface area contributed by atoms with E-state index in [0.29, 0.717) is 0 Å². The van der Waals surface area contributed by atoms with Crippen molar-refractivity contribution in [3.63, 3.8) is 0 Å². The third-order valence-electron chi connectivity index (χ3n) is 5.12. The minimum absolute atomic E-state index is 0.800. The van der Waals surface area contributed by atoms with Crippen molar-refractivity contribution in [3.05, 3.63) is 78.6 Å². The van der Waals surface area contributed by atoms with Gasteiger partial charge in [-0.1, -0.05) is 24.3 Å². The second-order valence-corrected chi connectivity index (χ2v) is 7.63. The van der Waals surface area contributed by atoms with Gasteiger partial charge >= 0.3 is 0 Å². The monoisotopic (exact) mass is 388 g/mol. The van der Waals surface area contributed by atoms with Crippen LogP contribution in [-0.4, -0.2) is 45.1 Å². The molecular formula is C23H28N6. The van der Waals surface area contributed by atoms with E-state index < -0.39 is 0 Å². The van der Waals surface area contributed by atoms with Gasteiger partial charge in [-0.2, -0.15) is 0 Å². The predicted molar refractivity (Wildman–Crippen MR) is 118 cm³/mol. The van der Waals surface area contributed by atoms with Crippen LogP contribution < -0.4 is 4.90 Å². The van der Waals surface area contributed by atoms with Crippen LogP contribution in [-0.2, 0) is 19.6 Å². The summed E-state index contributed by atoms with van der Waals surface area (Å²) in [5.41, 5.74) is 4.65. The molecule has 4 aromatic rings. The molecule has 150 valence electrons. The lowest BCUT2D eigenvalue weighted by Crippen LogP contribution is -2.25. The van der Waals surface area contributed by atoms with Crippen molar-refractivity contribution in [2.45, 2.75) is 26.1 Å². The number of fused-ring (bicyclic) bond motifs is 1. The Morgan fingerprint density at radius 1 is 1.00 bits per heavy atom. The van der Waals surface area contributed by atoms with Crippen molar-refractivity contribution in [1.29, 1.82) is 0 Å². The van der Waals surface area contributed by atoms with E-state index in [1.165, 1.54) is 11.3 Å². The molecule has 2 aromatic carbocycles. The van der Waals surface area contributed by atoms with Gasteiger partial charge in [0.2, 0.25) is 0 Å². The predicted octanol–water partition coefficient (Wildman–Crippen LogP) is 3.92. The summed E-state index contributed by atoms with van der Waals surface area (Å²) < 4.78 is 2.13. The third kappa shape index (κ3) is 5.03. The molecule has 0 unspecified atom stereocenters. The van der Waals surface area contributed by atoms with Crippen LogP contribution in [0.3, 0.4) is 0 Å². The fourth-order valence-electron chi connectivity index (χ4n) is 3.56. The van der Waals surface area contributed by atoms with Gasteiger partial charge in [-0.05, 0) is 36.2 Å². The minimum atomic E-state index is 0.800. The topological polar surface area (TPSA) is 53.0 Å². The Morgan fingerprint density at radius 2 is 1.83 bits per heavy atom. The highest BCUT2D eigenvalue weighted by Crippen LogP contribution is 2.16. The zero-order valence-corrected chi connectivity index (χ0v) is 17.1. The van der Waals surface area contributed by atoms with Crippen molar-refractivity contribution >= 4 is 16.7 Å². The molecule has 29 heavy (non-hydrogen) atoms. The second kappa shape index (κ2) is 8.92. The van der Waals surface area contributed by atoms with Gasteiger partial charge in [-0.3, -0.25) is 4.90 Å². The molecule has 2 aromatic heterocycles. The molecule has 0 amide bonds. The fraction of sp³-hybridized carbons (Fsp3) is 0.304. The maximum Gasteiger partial charge on any atom is 0.121 e. The van der Waals surface area contributed by atoms with E-state index in [-0.39, 0.29) is 0 Å². The first kappa shape index (κ1) is 19.2. The van der Waals surface area contributed by atoms with E-state index in [0.717, 1.165) is 49.5 Å². The highest BCUT2D eigenvalue weighted by atomic mass is 15.2. The molecule has 6 heteroatoms. The Hall–Kier alpha value is -3.12. The van der Waals surface area contributed by atoms with Crippen LogP contribution in [0.1, 0.15) is 17.8 Å². The summed E-state index contributed by atoms with van der Waals surface area (Å²) in [7, 11) is 4.14. The lowest BCUT2D eigenvalue weighted by atomic mass is 10.2. The smallest absolute Gasteiger partial charge is 0.121 e. The summed E-state index contributed by atoms with van der Waals surface area (Å²) in [6.07, 6.45) is 6.79.